The summed E-state index contributed by atoms with van der Waals surface area (Å²) in [7, 11) is 1.64. The third kappa shape index (κ3) is 5.99. The second-order valence-corrected chi connectivity index (χ2v) is 5.75. The van der Waals surface area contributed by atoms with Crippen LogP contribution in [0.5, 0.6) is 0 Å². The molecule has 0 unspecified atom stereocenters. The van der Waals surface area contributed by atoms with Gasteiger partial charge in [-0.2, -0.15) is 4.99 Å². The van der Waals surface area contributed by atoms with E-state index in [1.165, 1.54) is 0 Å². The van der Waals surface area contributed by atoms with Gasteiger partial charge >= 0.3 is 0 Å². The van der Waals surface area contributed by atoms with Crippen LogP contribution in [0.2, 0.25) is 0 Å². The number of nitrogens with zero attached hydrogens (tertiary/aromatic N) is 4. The Labute approximate surface area is 147 Å². The van der Waals surface area contributed by atoms with E-state index >= 15 is 0 Å². The number of morpholine rings is 1. The van der Waals surface area contributed by atoms with E-state index in [1.54, 1.807) is 7.11 Å². The number of guanidine groups is 1. The molecule has 0 aliphatic carbocycles. The van der Waals surface area contributed by atoms with Gasteiger partial charge < -0.3 is 19.7 Å². The van der Waals surface area contributed by atoms with Crippen molar-refractivity contribution < 1.29 is 9.47 Å². The largest absolute Gasteiger partial charge is 0.383 e. The van der Waals surface area contributed by atoms with Crippen molar-refractivity contribution in [3.05, 3.63) is 17.5 Å². The lowest BCUT2D eigenvalue weighted by Crippen LogP contribution is -2.45. The molecule has 0 spiro atoms. The Morgan fingerprint density at radius 1 is 1.33 bits per heavy atom. The molecular formula is C15H24N6O2S. The van der Waals surface area contributed by atoms with E-state index < -0.39 is 0 Å². The molecule has 1 fully saturated rings. The van der Waals surface area contributed by atoms with Gasteiger partial charge in [0.2, 0.25) is 11.9 Å². The van der Waals surface area contributed by atoms with Crippen LogP contribution < -0.4 is 10.6 Å². The first-order chi connectivity index (χ1) is 11.6. The maximum atomic E-state index is 5.40. The molecule has 8 nitrogen and oxygen atoms in total. The van der Waals surface area contributed by atoms with Gasteiger partial charge in [0.25, 0.3) is 0 Å². The summed E-state index contributed by atoms with van der Waals surface area (Å²) in [4.78, 5) is 15.4. The van der Waals surface area contributed by atoms with Gasteiger partial charge in [-0.3, -0.25) is 5.32 Å². The van der Waals surface area contributed by atoms with Gasteiger partial charge in [0.1, 0.15) is 0 Å². The number of nitrogens with one attached hydrogen (secondary N) is 2. The lowest BCUT2D eigenvalue weighted by molar-refractivity contribution is 0.0680. The van der Waals surface area contributed by atoms with E-state index in [4.69, 9.17) is 21.7 Å². The van der Waals surface area contributed by atoms with Crippen LogP contribution in [-0.4, -0.2) is 72.5 Å². The highest BCUT2D eigenvalue weighted by Crippen LogP contribution is 2.07. The van der Waals surface area contributed by atoms with E-state index in [1.807, 2.05) is 19.9 Å². The number of rotatable bonds is 4. The van der Waals surface area contributed by atoms with E-state index in [0.29, 0.717) is 43.4 Å². The normalized spacial score (nSPS) is 15.3. The van der Waals surface area contributed by atoms with Crippen LogP contribution in [0.4, 0.5) is 5.95 Å². The van der Waals surface area contributed by atoms with E-state index in [-0.39, 0.29) is 0 Å². The molecule has 1 aromatic rings. The van der Waals surface area contributed by atoms with Gasteiger partial charge in [-0.1, -0.05) is 0 Å². The Kier molecular flexibility index (Phi) is 7.29. The van der Waals surface area contributed by atoms with Gasteiger partial charge in [-0.25, -0.2) is 9.97 Å². The number of thiocarbonyl (C=S) groups is 1. The third-order valence-corrected chi connectivity index (χ3v) is 3.54. The summed E-state index contributed by atoms with van der Waals surface area (Å²) in [5.74, 6) is 1.13. The summed E-state index contributed by atoms with van der Waals surface area (Å²) >= 11 is 5.29. The number of anilines is 1. The van der Waals surface area contributed by atoms with E-state index in [0.717, 1.165) is 24.5 Å². The summed E-state index contributed by atoms with van der Waals surface area (Å²) in [6.07, 6.45) is 0. The summed E-state index contributed by atoms with van der Waals surface area (Å²) in [5, 5.41) is 6.63. The fourth-order valence-electron chi connectivity index (χ4n) is 2.23. The van der Waals surface area contributed by atoms with Crippen molar-refractivity contribution in [2.75, 3.05) is 51.9 Å². The summed E-state index contributed by atoms with van der Waals surface area (Å²) in [6.45, 7) is 7.81. The Hall–Kier alpha value is -1.84. The zero-order chi connectivity index (χ0) is 17.4. The molecule has 1 aliphatic heterocycles. The summed E-state index contributed by atoms with van der Waals surface area (Å²) in [5.41, 5.74) is 1.79. The number of methoxy groups -OCH3 is 1. The second-order valence-electron chi connectivity index (χ2n) is 5.36. The second kappa shape index (κ2) is 9.45. The molecule has 0 aromatic carbocycles. The lowest BCUT2D eigenvalue weighted by Gasteiger charge is -2.29. The van der Waals surface area contributed by atoms with Crippen LogP contribution in [0.1, 0.15) is 11.4 Å². The number of aliphatic imine (C=N–C) groups is 1. The topological polar surface area (TPSA) is 83.9 Å². The minimum absolute atomic E-state index is 0.394. The average Bonchev–Trinajstić information content (AvgIpc) is 2.54. The number of ether oxygens (including phenoxy) is 2. The Balaban J connectivity index is 2.13. The van der Waals surface area contributed by atoms with Crippen molar-refractivity contribution in [2.24, 2.45) is 4.99 Å². The summed E-state index contributed by atoms with van der Waals surface area (Å²) in [6, 6.07) is 1.92. The number of hydrogen-bond acceptors (Lipinski definition) is 5. The van der Waals surface area contributed by atoms with Crippen LogP contribution in [0.25, 0.3) is 0 Å². The molecule has 2 rings (SSSR count). The molecule has 0 amide bonds. The Morgan fingerprint density at radius 2 is 2.00 bits per heavy atom. The van der Waals surface area contributed by atoms with Gasteiger partial charge in [0.05, 0.1) is 19.8 Å². The Bertz CT molecular complexity index is 569. The predicted octanol–water partition coefficient (Wildman–Crippen LogP) is 0.714. The zero-order valence-electron chi connectivity index (χ0n) is 14.3. The molecule has 0 bridgehead atoms. The minimum Gasteiger partial charge on any atom is -0.383 e. The standard InChI is InChI=1S/C15H24N6O2S/c1-11-10-12(2)18-13(17-11)19-14(21-5-8-23-9-6-21)20-15(24)16-4-7-22-3/h10H,4-9H2,1-3H3,(H2,16,17,18,19,20,24). The first kappa shape index (κ1) is 18.5. The molecule has 1 saturated heterocycles. The highest BCUT2D eigenvalue weighted by molar-refractivity contribution is 7.80. The number of hydrogen-bond donors (Lipinski definition) is 2. The van der Waals surface area contributed by atoms with E-state index in [9.17, 15) is 0 Å². The van der Waals surface area contributed by atoms with Crippen molar-refractivity contribution in [1.82, 2.24) is 20.2 Å². The van der Waals surface area contributed by atoms with Crippen LogP contribution in [0.15, 0.2) is 11.1 Å². The average molecular weight is 352 g/mol. The van der Waals surface area contributed by atoms with Crippen LogP contribution in [0, 0.1) is 13.8 Å². The van der Waals surface area contributed by atoms with Gasteiger partial charge in [0, 0.05) is 38.1 Å². The summed E-state index contributed by atoms with van der Waals surface area (Å²) < 4.78 is 10.4. The van der Waals surface area contributed by atoms with Crippen LogP contribution >= 0.6 is 12.2 Å². The fraction of sp³-hybridized carbons (Fsp3) is 0.600. The Morgan fingerprint density at radius 3 is 2.62 bits per heavy atom. The van der Waals surface area contributed by atoms with Gasteiger partial charge in [-0.15, -0.1) is 0 Å². The van der Waals surface area contributed by atoms with Crippen LogP contribution in [-0.2, 0) is 9.47 Å². The molecular weight excluding hydrogens is 328 g/mol. The molecule has 2 N–H and O–H groups in total. The zero-order valence-corrected chi connectivity index (χ0v) is 15.2. The maximum Gasteiger partial charge on any atom is 0.229 e. The highest BCUT2D eigenvalue weighted by Gasteiger charge is 2.17. The highest BCUT2D eigenvalue weighted by atomic mass is 32.1. The molecule has 0 radical (unpaired) electrons. The molecule has 0 saturated carbocycles. The number of aromatic nitrogens is 2. The fourth-order valence-corrected chi connectivity index (χ4v) is 2.42. The molecule has 9 heteroatoms. The first-order valence-corrected chi connectivity index (χ1v) is 8.27. The quantitative estimate of drug-likeness (QED) is 0.355. The number of aryl methyl sites for hydroxylation is 2. The van der Waals surface area contributed by atoms with Crippen molar-refractivity contribution in [3.63, 3.8) is 0 Å². The van der Waals surface area contributed by atoms with Gasteiger partial charge in [-0.05, 0) is 32.1 Å². The monoisotopic (exact) mass is 352 g/mol. The van der Waals surface area contributed by atoms with Crippen molar-refractivity contribution in [3.8, 4) is 0 Å². The molecule has 24 heavy (non-hydrogen) atoms. The lowest BCUT2D eigenvalue weighted by atomic mass is 10.4. The van der Waals surface area contributed by atoms with Crippen LogP contribution in [0.3, 0.4) is 0 Å². The van der Waals surface area contributed by atoms with Crippen molar-refractivity contribution in [1.29, 1.82) is 0 Å². The molecule has 0 atom stereocenters. The molecule has 1 aliphatic rings. The first-order valence-electron chi connectivity index (χ1n) is 7.86. The van der Waals surface area contributed by atoms with Gasteiger partial charge in [0.15, 0.2) is 5.11 Å². The van der Waals surface area contributed by atoms with Crippen molar-refractivity contribution >= 4 is 29.2 Å². The molecule has 132 valence electrons. The smallest absolute Gasteiger partial charge is 0.229 e. The molecule has 2 heterocycles. The third-order valence-electron chi connectivity index (χ3n) is 3.31. The maximum absolute atomic E-state index is 5.40. The molecule has 1 aromatic heterocycles. The predicted molar refractivity (Wildman–Crippen MR) is 97.4 cm³/mol. The van der Waals surface area contributed by atoms with Crippen molar-refractivity contribution in [2.45, 2.75) is 13.8 Å². The SMILES string of the molecule is COCCNC(=S)/N=C(/Nc1nc(C)cc(C)n1)N1CCOCC1. The minimum atomic E-state index is 0.394. The van der Waals surface area contributed by atoms with E-state index in [2.05, 4.69) is 30.5 Å².